The molecule has 0 aromatic heterocycles. The Morgan fingerprint density at radius 2 is 2.21 bits per heavy atom. The van der Waals surface area contributed by atoms with Gasteiger partial charge in [0, 0.05) is 12.6 Å². The lowest BCUT2D eigenvalue weighted by Gasteiger charge is -2.21. The third-order valence-corrected chi connectivity index (χ3v) is 3.21. The largest absolute Gasteiger partial charge is 0.497 e. The molecular formula is C13H14FNO4. The highest BCUT2D eigenvalue weighted by atomic mass is 19.1. The van der Waals surface area contributed by atoms with Crippen molar-refractivity contribution in [1.29, 1.82) is 0 Å². The molecular weight excluding hydrogens is 253 g/mol. The summed E-state index contributed by atoms with van der Waals surface area (Å²) in [5.74, 6) is -2.05. The Labute approximate surface area is 109 Å². The molecule has 102 valence electrons. The number of carboxylic acids is 1. The van der Waals surface area contributed by atoms with Crippen molar-refractivity contribution in [3.8, 4) is 5.75 Å². The fourth-order valence-electron chi connectivity index (χ4n) is 2.22. The van der Waals surface area contributed by atoms with Crippen LogP contribution in [0.15, 0.2) is 18.2 Å². The van der Waals surface area contributed by atoms with E-state index in [4.69, 9.17) is 9.84 Å². The molecule has 1 saturated heterocycles. The minimum absolute atomic E-state index is 0.131. The van der Waals surface area contributed by atoms with Gasteiger partial charge in [-0.2, -0.15) is 0 Å². The molecule has 1 aromatic rings. The molecule has 1 fully saturated rings. The summed E-state index contributed by atoms with van der Waals surface area (Å²) in [6.07, 6.45) is 1.01. The third kappa shape index (κ3) is 2.52. The maximum atomic E-state index is 13.8. The van der Waals surface area contributed by atoms with Crippen LogP contribution < -0.4 is 4.74 Å². The Morgan fingerprint density at radius 3 is 2.79 bits per heavy atom. The van der Waals surface area contributed by atoms with Crippen LogP contribution in [0.2, 0.25) is 0 Å². The Balaban J connectivity index is 2.26. The zero-order chi connectivity index (χ0) is 14.0. The minimum Gasteiger partial charge on any atom is -0.497 e. The number of carbonyl (C=O) groups excluding carboxylic acids is 1. The predicted molar refractivity (Wildman–Crippen MR) is 64.6 cm³/mol. The number of carbonyl (C=O) groups is 2. The Morgan fingerprint density at radius 1 is 1.47 bits per heavy atom. The van der Waals surface area contributed by atoms with Crippen molar-refractivity contribution < 1.29 is 23.8 Å². The lowest BCUT2D eigenvalue weighted by Crippen LogP contribution is -2.40. The molecule has 1 amide bonds. The van der Waals surface area contributed by atoms with Gasteiger partial charge >= 0.3 is 5.97 Å². The number of rotatable bonds is 3. The van der Waals surface area contributed by atoms with E-state index in [1.807, 2.05) is 0 Å². The van der Waals surface area contributed by atoms with Gasteiger partial charge in [-0.15, -0.1) is 0 Å². The molecule has 2 rings (SSSR count). The highest BCUT2D eigenvalue weighted by Crippen LogP contribution is 2.23. The van der Waals surface area contributed by atoms with E-state index in [9.17, 15) is 14.0 Å². The van der Waals surface area contributed by atoms with Gasteiger partial charge in [0.05, 0.1) is 12.7 Å². The Kier molecular flexibility index (Phi) is 3.69. The van der Waals surface area contributed by atoms with E-state index >= 15 is 0 Å². The average molecular weight is 267 g/mol. The van der Waals surface area contributed by atoms with Crippen LogP contribution >= 0.6 is 0 Å². The monoisotopic (exact) mass is 267 g/mol. The van der Waals surface area contributed by atoms with Gasteiger partial charge in [-0.25, -0.2) is 9.18 Å². The summed E-state index contributed by atoms with van der Waals surface area (Å²) in [5.41, 5.74) is -0.131. The highest BCUT2D eigenvalue weighted by molar-refractivity contribution is 5.97. The lowest BCUT2D eigenvalue weighted by molar-refractivity contribution is -0.141. The first kappa shape index (κ1) is 13.3. The van der Waals surface area contributed by atoms with Crippen molar-refractivity contribution in [1.82, 2.24) is 4.90 Å². The predicted octanol–water partition coefficient (Wildman–Crippen LogP) is 1.52. The van der Waals surface area contributed by atoms with Crippen LogP contribution in [-0.4, -0.2) is 41.6 Å². The molecule has 0 aliphatic carbocycles. The summed E-state index contributed by atoms with van der Waals surface area (Å²) in [7, 11) is 1.40. The molecule has 0 unspecified atom stereocenters. The van der Waals surface area contributed by atoms with Gasteiger partial charge in [0.25, 0.3) is 5.91 Å². The quantitative estimate of drug-likeness (QED) is 0.901. The van der Waals surface area contributed by atoms with Crippen molar-refractivity contribution in [2.75, 3.05) is 13.7 Å². The molecule has 1 aromatic carbocycles. The molecule has 6 heteroatoms. The first-order valence-electron chi connectivity index (χ1n) is 5.92. The number of benzene rings is 1. The first-order chi connectivity index (χ1) is 9.04. The second kappa shape index (κ2) is 5.26. The molecule has 1 atom stereocenters. The maximum Gasteiger partial charge on any atom is 0.326 e. The number of aliphatic carboxylic acids is 1. The molecule has 19 heavy (non-hydrogen) atoms. The Bertz CT molecular complexity index is 517. The van der Waals surface area contributed by atoms with Crippen LogP contribution in [0, 0.1) is 5.82 Å². The number of likely N-dealkylation sites (tertiary alicyclic amines) is 1. The van der Waals surface area contributed by atoms with Crippen molar-refractivity contribution >= 4 is 11.9 Å². The van der Waals surface area contributed by atoms with Crippen LogP contribution in [0.4, 0.5) is 4.39 Å². The standard InChI is InChI=1S/C13H14FNO4/c1-19-8-4-5-9(10(14)7-8)12(16)15-6-2-3-11(15)13(17)18/h4-5,7,11H,2-3,6H2,1H3,(H,17,18)/t11-/m0/s1. The summed E-state index contributed by atoms with van der Waals surface area (Å²) in [6.45, 7) is 0.335. The van der Waals surface area contributed by atoms with Gasteiger partial charge < -0.3 is 14.7 Å². The summed E-state index contributed by atoms with van der Waals surface area (Å²) in [4.78, 5) is 24.4. The van der Waals surface area contributed by atoms with Crippen molar-refractivity contribution in [2.45, 2.75) is 18.9 Å². The average Bonchev–Trinajstić information content (AvgIpc) is 2.87. The van der Waals surface area contributed by atoms with Crippen molar-refractivity contribution in [2.24, 2.45) is 0 Å². The van der Waals surface area contributed by atoms with Crippen LogP contribution in [0.5, 0.6) is 5.75 Å². The van der Waals surface area contributed by atoms with Gasteiger partial charge in [0.1, 0.15) is 17.6 Å². The Hall–Kier alpha value is -2.11. The molecule has 5 nitrogen and oxygen atoms in total. The highest BCUT2D eigenvalue weighted by Gasteiger charge is 2.35. The summed E-state index contributed by atoms with van der Waals surface area (Å²) in [6, 6.07) is 3.03. The molecule has 0 saturated carbocycles. The summed E-state index contributed by atoms with van der Waals surface area (Å²) >= 11 is 0. The number of ether oxygens (including phenoxy) is 1. The number of hydrogen-bond donors (Lipinski definition) is 1. The number of methoxy groups -OCH3 is 1. The maximum absolute atomic E-state index is 13.8. The molecule has 0 bridgehead atoms. The van der Waals surface area contributed by atoms with E-state index in [2.05, 4.69) is 0 Å². The third-order valence-electron chi connectivity index (χ3n) is 3.21. The zero-order valence-corrected chi connectivity index (χ0v) is 10.4. The fraction of sp³-hybridized carbons (Fsp3) is 0.385. The normalized spacial score (nSPS) is 18.4. The van der Waals surface area contributed by atoms with Gasteiger partial charge in [-0.1, -0.05) is 0 Å². The van der Waals surface area contributed by atoms with Crippen molar-refractivity contribution in [3.63, 3.8) is 0 Å². The van der Waals surface area contributed by atoms with Crippen LogP contribution in [0.1, 0.15) is 23.2 Å². The van der Waals surface area contributed by atoms with E-state index in [0.29, 0.717) is 25.1 Å². The van der Waals surface area contributed by atoms with Gasteiger partial charge in [-0.05, 0) is 25.0 Å². The van der Waals surface area contributed by atoms with E-state index in [1.165, 1.54) is 24.1 Å². The van der Waals surface area contributed by atoms with Gasteiger partial charge in [0.2, 0.25) is 0 Å². The first-order valence-corrected chi connectivity index (χ1v) is 5.92. The summed E-state index contributed by atoms with van der Waals surface area (Å²) in [5, 5.41) is 9.02. The number of carboxylic acid groups (broad SMARTS) is 1. The molecule has 0 spiro atoms. The molecule has 1 aliphatic rings. The molecule has 0 radical (unpaired) electrons. The van der Waals surface area contributed by atoms with Gasteiger partial charge in [-0.3, -0.25) is 4.79 Å². The lowest BCUT2D eigenvalue weighted by atomic mass is 10.1. The van der Waals surface area contributed by atoms with E-state index < -0.39 is 23.7 Å². The summed E-state index contributed by atoms with van der Waals surface area (Å²) < 4.78 is 18.6. The zero-order valence-electron chi connectivity index (χ0n) is 10.4. The number of nitrogens with zero attached hydrogens (tertiary/aromatic N) is 1. The minimum atomic E-state index is -1.06. The van der Waals surface area contributed by atoms with E-state index in [-0.39, 0.29) is 5.56 Å². The molecule has 1 aliphatic heterocycles. The second-order valence-electron chi connectivity index (χ2n) is 4.34. The van der Waals surface area contributed by atoms with E-state index in [0.717, 1.165) is 6.07 Å². The number of amides is 1. The van der Waals surface area contributed by atoms with Crippen molar-refractivity contribution in [3.05, 3.63) is 29.6 Å². The number of halogens is 1. The van der Waals surface area contributed by atoms with E-state index in [1.54, 1.807) is 0 Å². The topological polar surface area (TPSA) is 66.8 Å². The smallest absolute Gasteiger partial charge is 0.326 e. The molecule has 1 heterocycles. The van der Waals surface area contributed by atoms with Gasteiger partial charge in [0.15, 0.2) is 0 Å². The second-order valence-corrected chi connectivity index (χ2v) is 4.34. The fourth-order valence-corrected chi connectivity index (χ4v) is 2.22. The molecule has 1 N–H and O–H groups in total. The van der Waals surface area contributed by atoms with Crippen LogP contribution in [0.25, 0.3) is 0 Å². The van der Waals surface area contributed by atoms with Crippen LogP contribution in [-0.2, 0) is 4.79 Å². The number of hydrogen-bond acceptors (Lipinski definition) is 3. The SMILES string of the molecule is COc1ccc(C(=O)N2CCC[C@H]2C(=O)O)c(F)c1. The van der Waals surface area contributed by atoms with Crippen LogP contribution in [0.3, 0.4) is 0 Å².